The van der Waals surface area contributed by atoms with Crippen LogP contribution in [0.5, 0.6) is 0 Å². The first-order valence-corrected chi connectivity index (χ1v) is 13.3. The van der Waals surface area contributed by atoms with Gasteiger partial charge in [0.2, 0.25) is 0 Å². The van der Waals surface area contributed by atoms with Crippen molar-refractivity contribution in [1.82, 2.24) is 25.2 Å². The predicted octanol–water partition coefficient (Wildman–Crippen LogP) is 3.58. The van der Waals surface area contributed by atoms with Gasteiger partial charge in [0.25, 0.3) is 5.91 Å². The Labute approximate surface area is 231 Å². The second-order valence-corrected chi connectivity index (χ2v) is 10.4. The molecule has 4 rings (SSSR count). The molecule has 0 bridgehead atoms. The van der Waals surface area contributed by atoms with Crippen molar-refractivity contribution in [2.75, 3.05) is 18.5 Å². The number of amides is 2. The van der Waals surface area contributed by atoms with Crippen molar-refractivity contribution in [2.45, 2.75) is 70.3 Å². The van der Waals surface area contributed by atoms with Crippen LogP contribution in [0.3, 0.4) is 0 Å². The number of halogens is 1. The number of anilines is 1. The van der Waals surface area contributed by atoms with Gasteiger partial charge >= 0.3 is 6.09 Å². The zero-order valence-electron chi connectivity index (χ0n) is 22.8. The third-order valence-electron chi connectivity index (χ3n) is 6.93. The van der Waals surface area contributed by atoms with E-state index in [0.717, 1.165) is 31.2 Å². The molecule has 1 fully saturated rings. The van der Waals surface area contributed by atoms with Crippen molar-refractivity contribution in [2.24, 2.45) is 0 Å². The highest BCUT2D eigenvalue weighted by atomic mass is 19.1. The summed E-state index contributed by atoms with van der Waals surface area (Å²) >= 11 is 0. The van der Waals surface area contributed by atoms with E-state index in [2.05, 4.69) is 32.1 Å². The van der Waals surface area contributed by atoms with Crippen LogP contribution in [0.25, 0.3) is 16.9 Å². The Morgan fingerprint density at radius 2 is 1.95 bits per heavy atom. The Morgan fingerprint density at radius 1 is 1.23 bits per heavy atom. The minimum atomic E-state index is -1.65. The molecule has 0 spiro atoms. The van der Waals surface area contributed by atoms with E-state index in [4.69, 9.17) is 4.74 Å². The van der Waals surface area contributed by atoms with Gasteiger partial charge < -0.3 is 25.8 Å². The molecule has 212 valence electrons. The van der Waals surface area contributed by atoms with Gasteiger partial charge in [-0.15, -0.1) is 0 Å². The van der Waals surface area contributed by atoms with Crippen LogP contribution < -0.4 is 16.0 Å². The first-order valence-electron chi connectivity index (χ1n) is 13.3. The van der Waals surface area contributed by atoms with Gasteiger partial charge in [0, 0.05) is 18.3 Å². The number of carbonyl (C=O) groups is 2. The quantitative estimate of drug-likeness (QED) is 0.315. The maximum absolute atomic E-state index is 14.3. The van der Waals surface area contributed by atoms with E-state index in [0.29, 0.717) is 29.2 Å². The molecule has 2 amide bonds. The zero-order valence-corrected chi connectivity index (χ0v) is 22.8. The van der Waals surface area contributed by atoms with Crippen LogP contribution in [0.4, 0.5) is 14.9 Å². The summed E-state index contributed by atoms with van der Waals surface area (Å²) in [6.45, 7) is 4.39. The third-order valence-corrected chi connectivity index (χ3v) is 6.93. The molecule has 1 atom stereocenters. The molecule has 1 aliphatic rings. The normalized spacial score (nSPS) is 18.0. The first kappa shape index (κ1) is 28.8. The molecule has 0 radical (unpaired) electrons. The average Bonchev–Trinajstić information content (AvgIpc) is 3.35. The van der Waals surface area contributed by atoms with Crippen molar-refractivity contribution >= 4 is 23.2 Å². The molecule has 0 saturated heterocycles. The summed E-state index contributed by atoms with van der Waals surface area (Å²) < 4.78 is 21.0. The summed E-state index contributed by atoms with van der Waals surface area (Å²) in [5.41, 5.74) is 1.54. The Morgan fingerprint density at radius 3 is 2.62 bits per heavy atom. The molecule has 3 heterocycles. The molecular formula is C28H34FN7O4. The number of carbonyl (C=O) groups excluding carboxylic acids is 2. The number of hydrogen-bond acceptors (Lipinski definition) is 8. The minimum Gasteiger partial charge on any atom is -0.450 e. The van der Waals surface area contributed by atoms with Gasteiger partial charge in [-0.25, -0.2) is 13.7 Å². The average molecular weight is 552 g/mol. The van der Waals surface area contributed by atoms with Crippen LogP contribution in [0, 0.1) is 11.3 Å². The summed E-state index contributed by atoms with van der Waals surface area (Å²) in [6.07, 6.45) is 3.78. The van der Waals surface area contributed by atoms with Crippen molar-refractivity contribution < 1.29 is 23.8 Å². The summed E-state index contributed by atoms with van der Waals surface area (Å²) in [5.74, 6) is -0.525. The lowest BCUT2D eigenvalue weighted by Gasteiger charge is -2.30. The second-order valence-electron chi connectivity index (χ2n) is 10.4. The lowest BCUT2D eigenvalue weighted by atomic mass is 9.91. The molecule has 4 N–H and O–H groups in total. The van der Waals surface area contributed by atoms with Crippen molar-refractivity contribution in [3.05, 3.63) is 47.8 Å². The molecule has 40 heavy (non-hydrogen) atoms. The molecule has 0 unspecified atom stereocenters. The standard InChI is InChI=1S/C28H34FN7O4/c1-4-40-27(38)35-19-7-5-18(6-8-19)34-22-12-23(24-10-9-20-11-17(13-30)14-33-36(20)24)31-15-21(22)26(37)32-16-25(29)28(2,3)39/h9-12,14-15,18-19,25,39H,4-8,16H2,1-3H3,(H,31,34)(H,32,37)(H,35,38)/t18-,19-,25-/m1/s1. The maximum atomic E-state index is 14.3. The largest absolute Gasteiger partial charge is 0.450 e. The molecule has 0 aromatic carbocycles. The van der Waals surface area contributed by atoms with Crippen LogP contribution in [-0.2, 0) is 4.74 Å². The molecule has 0 aliphatic heterocycles. The van der Waals surface area contributed by atoms with Gasteiger partial charge in [0.05, 0.1) is 58.7 Å². The highest BCUT2D eigenvalue weighted by Crippen LogP contribution is 2.29. The number of nitrogens with one attached hydrogen (secondary N) is 3. The smallest absolute Gasteiger partial charge is 0.407 e. The van der Waals surface area contributed by atoms with E-state index in [1.165, 1.54) is 26.2 Å². The number of rotatable bonds is 9. The van der Waals surface area contributed by atoms with E-state index in [-0.39, 0.29) is 24.2 Å². The van der Waals surface area contributed by atoms with E-state index in [9.17, 15) is 24.3 Å². The van der Waals surface area contributed by atoms with Gasteiger partial charge in [-0.1, -0.05) is 0 Å². The first-order chi connectivity index (χ1) is 19.1. The molecule has 3 aromatic heterocycles. The Kier molecular flexibility index (Phi) is 8.84. The van der Waals surface area contributed by atoms with Crippen molar-refractivity contribution in [1.29, 1.82) is 5.26 Å². The van der Waals surface area contributed by atoms with E-state index in [1.54, 1.807) is 23.6 Å². The zero-order chi connectivity index (χ0) is 28.9. The number of ether oxygens (including phenoxy) is 1. The topological polar surface area (TPSA) is 154 Å². The Bertz CT molecular complexity index is 1400. The van der Waals surface area contributed by atoms with E-state index < -0.39 is 23.8 Å². The van der Waals surface area contributed by atoms with Crippen LogP contribution in [0.1, 0.15) is 62.4 Å². The minimum absolute atomic E-state index is 0.00709. The number of alkyl halides is 1. The number of nitrogens with zero attached hydrogens (tertiary/aromatic N) is 4. The Hall–Kier alpha value is -4.24. The fourth-order valence-corrected chi connectivity index (χ4v) is 4.62. The summed E-state index contributed by atoms with van der Waals surface area (Å²) in [7, 11) is 0. The fraction of sp³-hybridized carbons (Fsp3) is 0.464. The summed E-state index contributed by atoms with van der Waals surface area (Å²) in [5, 5.41) is 32.3. The SMILES string of the molecule is CCOC(=O)N[C@H]1CC[C@H](Nc2cc(-c3ccc4cc(C#N)cnn34)ncc2C(=O)NC[C@@H](F)C(C)(C)O)CC1. The van der Waals surface area contributed by atoms with Gasteiger partial charge in [0.1, 0.15) is 12.2 Å². The number of aliphatic hydroxyl groups is 1. The number of alkyl carbamates (subject to hydrolysis) is 1. The monoisotopic (exact) mass is 551 g/mol. The molecule has 3 aromatic rings. The van der Waals surface area contributed by atoms with E-state index in [1.807, 2.05) is 12.1 Å². The molecule has 1 saturated carbocycles. The van der Waals surface area contributed by atoms with Crippen LogP contribution in [-0.4, -0.2) is 68.7 Å². The van der Waals surface area contributed by atoms with Gasteiger partial charge in [-0.3, -0.25) is 9.78 Å². The molecule has 1 aliphatic carbocycles. The summed E-state index contributed by atoms with van der Waals surface area (Å²) in [6, 6.07) is 9.23. The number of hydrogen-bond donors (Lipinski definition) is 4. The number of pyridine rings is 1. The van der Waals surface area contributed by atoms with Gasteiger partial charge in [-0.2, -0.15) is 10.4 Å². The van der Waals surface area contributed by atoms with Gasteiger partial charge in [0.15, 0.2) is 0 Å². The lowest BCUT2D eigenvalue weighted by molar-refractivity contribution is -0.00178. The van der Waals surface area contributed by atoms with Crippen LogP contribution in [0.15, 0.2) is 36.7 Å². The van der Waals surface area contributed by atoms with Crippen LogP contribution in [0.2, 0.25) is 0 Å². The lowest BCUT2D eigenvalue weighted by Crippen LogP contribution is -2.42. The summed E-state index contributed by atoms with van der Waals surface area (Å²) in [4.78, 5) is 29.4. The van der Waals surface area contributed by atoms with E-state index >= 15 is 0 Å². The number of aromatic nitrogens is 3. The highest BCUT2D eigenvalue weighted by molar-refractivity contribution is 6.00. The maximum Gasteiger partial charge on any atom is 0.407 e. The molecular weight excluding hydrogens is 517 g/mol. The third kappa shape index (κ3) is 6.84. The Balaban J connectivity index is 1.57. The highest BCUT2D eigenvalue weighted by Gasteiger charge is 2.28. The van der Waals surface area contributed by atoms with Crippen LogP contribution >= 0.6 is 0 Å². The predicted molar refractivity (Wildman–Crippen MR) is 146 cm³/mol. The number of fused-ring (bicyclic) bond motifs is 1. The van der Waals surface area contributed by atoms with Crippen molar-refractivity contribution in [3.63, 3.8) is 0 Å². The van der Waals surface area contributed by atoms with Crippen molar-refractivity contribution in [3.8, 4) is 17.5 Å². The molecule has 11 nitrogen and oxygen atoms in total. The molecule has 12 heteroatoms. The number of nitriles is 1. The second kappa shape index (κ2) is 12.3. The van der Waals surface area contributed by atoms with Gasteiger partial charge in [-0.05, 0) is 70.7 Å². The fourth-order valence-electron chi connectivity index (χ4n) is 4.62.